The molecule has 0 aliphatic rings. The van der Waals surface area contributed by atoms with Crippen molar-refractivity contribution in [1.82, 2.24) is 5.32 Å². The monoisotopic (exact) mass is 221 g/mol. The van der Waals surface area contributed by atoms with Crippen LogP contribution in [0.4, 0.5) is 0 Å². The van der Waals surface area contributed by atoms with E-state index < -0.39 is 24.5 Å². The molecule has 15 heavy (non-hydrogen) atoms. The largest absolute Gasteiger partial charge is 0.480 e. The lowest BCUT2D eigenvalue weighted by Gasteiger charge is -2.11. The Morgan fingerprint density at radius 3 is 2.53 bits per heavy atom. The summed E-state index contributed by atoms with van der Waals surface area (Å²) in [7, 11) is 1.50. The standard InChI is InChI=1S/C8H15NO6/c1-14-2-3-15-5-7(11)9-6(4-10)8(12)13/h6,10H,2-5H2,1H3,(H,9,11)(H,12,13)/t6-/m1/s1. The van der Waals surface area contributed by atoms with Gasteiger partial charge in [-0.2, -0.15) is 0 Å². The second kappa shape index (κ2) is 8.16. The first-order valence-corrected chi connectivity index (χ1v) is 4.31. The van der Waals surface area contributed by atoms with Crippen molar-refractivity contribution in [2.45, 2.75) is 6.04 Å². The van der Waals surface area contributed by atoms with E-state index in [1.54, 1.807) is 0 Å². The molecule has 0 bridgehead atoms. The molecule has 7 heteroatoms. The number of aliphatic hydroxyl groups excluding tert-OH is 1. The van der Waals surface area contributed by atoms with Crippen LogP contribution >= 0.6 is 0 Å². The van der Waals surface area contributed by atoms with Crippen molar-refractivity contribution in [1.29, 1.82) is 0 Å². The lowest BCUT2D eigenvalue weighted by Crippen LogP contribution is -2.44. The predicted molar refractivity (Wildman–Crippen MR) is 49.3 cm³/mol. The second-order valence-electron chi connectivity index (χ2n) is 2.69. The Hall–Kier alpha value is -1.18. The number of nitrogens with one attached hydrogen (secondary N) is 1. The molecule has 0 heterocycles. The number of amides is 1. The number of aliphatic hydroxyl groups is 1. The summed E-state index contributed by atoms with van der Waals surface area (Å²) in [6, 6.07) is -1.29. The van der Waals surface area contributed by atoms with Gasteiger partial charge in [-0.05, 0) is 0 Å². The van der Waals surface area contributed by atoms with E-state index in [2.05, 4.69) is 10.1 Å². The maximum atomic E-state index is 11.0. The SMILES string of the molecule is COCCOCC(=O)N[C@H](CO)C(=O)O. The highest BCUT2D eigenvalue weighted by Gasteiger charge is 2.18. The summed E-state index contributed by atoms with van der Waals surface area (Å²) in [4.78, 5) is 21.4. The molecule has 1 amide bonds. The van der Waals surface area contributed by atoms with Gasteiger partial charge in [0, 0.05) is 7.11 Å². The van der Waals surface area contributed by atoms with E-state index in [0.29, 0.717) is 6.61 Å². The average molecular weight is 221 g/mol. The van der Waals surface area contributed by atoms with Crippen LogP contribution in [0.15, 0.2) is 0 Å². The third kappa shape index (κ3) is 6.83. The number of carboxylic acid groups (broad SMARTS) is 1. The number of methoxy groups -OCH3 is 1. The van der Waals surface area contributed by atoms with Crippen molar-refractivity contribution in [3.05, 3.63) is 0 Å². The van der Waals surface area contributed by atoms with E-state index in [9.17, 15) is 9.59 Å². The summed E-state index contributed by atoms with van der Waals surface area (Å²) in [6.45, 7) is -0.303. The van der Waals surface area contributed by atoms with Gasteiger partial charge in [0.1, 0.15) is 12.6 Å². The van der Waals surface area contributed by atoms with E-state index in [-0.39, 0.29) is 13.2 Å². The fourth-order valence-electron chi connectivity index (χ4n) is 0.729. The van der Waals surface area contributed by atoms with Crippen LogP contribution in [-0.4, -0.2) is 61.7 Å². The van der Waals surface area contributed by atoms with E-state index >= 15 is 0 Å². The van der Waals surface area contributed by atoms with Crippen LogP contribution in [0.25, 0.3) is 0 Å². The van der Waals surface area contributed by atoms with Crippen molar-refractivity contribution >= 4 is 11.9 Å². The summed E-state index contributed by atoms with van der Waals surface area (Å²) < 4.78 is 9.52. The minimum atomic E-state index is -1.29. The molecule has 1 atom stereocenters. The zero-order valence-corrected chi connectivity index (χ0v) is 8.43. The Morgan fingerprint density at radius 1 is 1.40 bits per heavy atom. The molecule has 0 saturated carbocycles. The molecule has 0 radical (unpaired) electrons. The summed E-state index contributed by atoms with van der Waals surface area (Å²) in [6.07, 6.45) is 0. The molecule has 3 N–H and O–H groups in total. The molecule has 0 unspecified atom stereocenters. The summed E-state index contributed by atoms with van der Waals surface area (Å²) in [5.74, 6) is -1.88. The molecule has 88 valence electrons. The van der Waals surface area contributed by atoms with Crippen LogP contribution in [0.3, 0.4) is 0 Å². The van der Waals surface area contributed by atoms with E-state index in [0.717, 1.165) is 0 Å². The smallest absolute Gasteiger partial charge is 0.328 e. The Kier molecular flexibility index (Phi) is 7.51. The normalized spacial score (nSPS) is 12.1. The number of hydrogen-bond donors (Lipinski definition) is 3. The van der Waals surface area contributed by atoms with Gasteiger partial charge in [-0.25, -0.2) is 4.79 Å². The number of ether oxygens (including phenoxy) is 2. The average Bonchev–Trinajstić information content (AvgIpc) is 2.20. The van der Waals surface area contributed by atoms with Gasteiger partial charge in [0.2, 0.25) is 5.91 Å². The zero-order valence-electron chi connectivity index (χ0n) is 8.43. The molecule has 0 rings (SSSR count). The maximum Gasteiger partial charge on any atom is 0.328 e. The Labute approximate surface area is 87.0 Å². The molecule has 0 fully saturated rings. The molecule has 0 saturated heterocycles. The second-order valence-corrected chi connectivity index (χ2v) is 2.69. The lowest BCUT2D eigenvalue weighted by molar-refractivity contribution is -0.143. The van der Waals surface area contributed by atoms with Gasteiger partial charge in [0.15, 0.2) is 0 Å². The summed E-state index contributed by atoms with van der Waals surface area (Å²) in [5.41, 5.74) is 0. The molecule has 0 aromatic rings. The van der Waals surface area contributed by atoms with Crippen molar-refractivity contribution < 1.29 is 29.3 Å². The van der Waals surface area contributed by atoms with Crippen molar-refractivity contribution in [3.63, 3.8) is 0 Å². The van der Waals surface area contributed by atoms with Crippen molar-refractivity contribution in [2.24, 2.45) is 0 Å². The Balaban J connectivity index is 3.67. The number of aliphatic carboxylic acids is 1. The van der Waals surface area contributed by atoms with Crippen LogP contribution in [0.1, 0.15) is 0 Å². The highest BCUT2D eigenvalue weighted by molar-refractivity contribution is 5.84. The van der Waals surface area contributed by atoms with Gasteiger partial charge in [-0.1, -0.05) is 0 Å². The van der Waals surface area contributed by atoms with Gasteiger partial charge in [0.05, 0.1) is 19.8 Å². The fourth-order valence-corrected chi connectivity index (χ4v) is 0.729. The van der Waals surface area contributed by atoms with Crippen LogP contribution in [0, 0.1) is 0 Å². The van der Waals surface area contributed by atoms with E-state index in [1.807, 2.05) is 0 Å². The van der Waals surface area contributed by atoms with Crippen LogP contribution < -0.4 is 5.32 Å². The van der Waals surface area contributed by atoms with E-state index in [1.165, 1.54) is 7.11 Å². The number of carbonyl (C=O) groups excluding carboxylic acids is 1. The van der Waals surface area contributed by atoms with Gasteiger partial charge in [-0.15, -0.1) is 0 Å². The summed E-state index contributed by atoms with van der Waals surface area (Å²) in [5, 5.41) is 19.2. The van der Waals surface area contributed by atoms with Gasteiger partial charge < -0.3 is 25.0 Å². The quantitative estimate of drug-likeness (QED) is 0.418. The first-order chi connectivity index (χ1) is 7.11. The minimum Gasteiger partial charge on any atom is -0.480 e. The molecule has 0 spiro atoms. The van der Waals surface area contributed by atoms with Crippen molar-refractivity contribution in [2.75, 3.05) is 33.5 Å². The fraction of sp³-hybridized carbons (Fsp3) is 0.750. The molecular weight excluding hydrogens is 206 g/mol. The first-order valence-electron chi connectivity index (χ1n) is 4.31. The number of carboxylic acids is 1. The molecule has 0 aromatic heterocycles. The topological polar surface area (TPSA) is 105 Å². The maximum absolute atomic E-state index is 11.0. The number of carbonyl (C=O) groups is 2. The van der Waals surface area contributed by atoms with Crippen molar-refractivity contribution in [3.8, 4) is 0 Å². The molecule has 7 nitrogen and oxygen atoms in total. The predicted octanol–water partition coefficient (Wildman–Crippen LogP) is -1.79. The minimum absolute atomic E-state index is 0.251. The molecule has 0 aliphatic carbocycles. The van der Waals surface area contributed by atoms with Crippen LogP contribution in [0.5, 0.6) is 0 Å². The lowest BCUT2D eigenvalue weighted by atomic mass is 10.3. The van der Waals surface area contributed by atoms with Crippen LogP contribution in [-0.2, 0) is 19.1 Å². The zero-order chi connectivity index (χ0) is 11.7. The molecule has 0 aromatic carbocycles. The Bertz CT molecular complexity index is 207. The van der Waals surface area contributed by atoms with Gasteiger partial charge >= 0.3 is 5.97 Å². The van der Waals surface area contributed by atoms with Crippen LogP contribution in [0.2, 0.25) is 0 Å². The third-order valence-electron chi connectivity index (χ3n) is 1.48. The Morgan fingerprint density at radius 2 is 2.07 bits per heavy atom. The highest BCUT2D eigenvalue weighted by Crippen LogP contribution is 1.84. The van der Waals surface area contributed by atoms with Gasteiger partial charge in [0.25, 0.3) is 0 Å². The first kappa shape index (κ1) is 13.8. The molecule has 0 aliphatic heterocycles. The number of hydrogen-bond acceptors (Lipinski definition) is 5. The number of rotatable bonds is 8. The summed E-state index contributed by atoms with van der Waals surface area (Å²) >= 11 is 0. The van der Waals surface area contributed by atoms with E-state index in [4.69, 9.17) is 14.9 Å². The third-order valence-corrected chi connectivity index (χ3v) is 1.48. The molecular formula is C8H15NO6. The van der Waals surface area contributed by atoms with Gasteiger partial charge in [-0.3, -0.25) is 4.79 Å². The highest BCUT2D eigenvalue weighted by atomic mass is 16.5.